The monoisotopic (exact) mass is 362 g/mol. The van der Waals surface area contributed by atoms with E-state index in [1.165, 1.54) is 12.1 Å². The van der Waals surface area contributed by atoms with Gasteiger partial charge in [0.25, 0.3) is 0 Å². The number of esters is 1. The van der Waals surface area contributed by atoms with Gasteiger partial charge in [0.15, 0.2) is 11.5 Å². The normalized spacial score (nSPS) is 14.0. The second-order valence-corrected chi connectivity index (χ2v) is 6.16. The molecule has 3 aromatic rings. The zero-order valence-electron chi connectivity index (χ0n) is 14.6. The van der Waals surface area contributed by atoms with E-state index in [0.717, 1.165) is 33.9 Å². The average molecular weight is 362 g/mol. The van der Waals surface area contributed by atoms with Crippen molar-refractivity contribution in [1.29, 1.82) is 0 Å². The number of ether oxygens (including phenoxy) is 1. The lowest BCUT2D eigenvalue weighted by atomic mass is 9.95. The summed E-state index contributed by atoms with van der Waals surface area (Å²) >= 11 is 0. The van der Waals surface area contributed by atoms with Crippen molar-refractivity contribution in [2.75, 3.05) is 7.11 Å². The van der Waals surface area contributed by atoms with Crippen molar-refractivity contribution in [2.24, 2.45) is 10.8 Å². The van der Waals surface area contributed by atoms with Crippen LogP contribution in [-0.2, 0) is 16.1 Å². The zero-order chi connectivity index (χ0) is 19.0. The number of methoxy groups -OCH3 is 1. The number of aromatic nitrogens is 1. The minimum atomic E-state index is -0.676. The van der Waals surface area contributed by atoms with E-state index < -0.39 is 5.97 Å². The molecule has 136 valence electrons. The minimum absolute atomic E-state index is 0.0349. The Morgan fingerprint density at radius 2 is 2.04 bits per heavy atom. The summed E-state index contributed by atoms with van der Waals surface area (Å²) in [6.07, 6.45) is 2.98. The van der Waals surface area contributed by atoms with Crippen LogP contribution in [-0.4, -0.2) is 34.5 Å². The Kier molecular flexibility index (Phi) is 4.04. The number of aliphatic hydroxyl groups is 1. The number of H-pyrrole nitrogens is 1. The largest absolute Gasteiger partial charge is 0.505 e. The topological polar surface area (TPSA) is 104 Å². The molecule has 0 aliphatic carbocycles. The molecule has 1 aromatic heterocycles. The van der Waals surface area contributed by atoms with Gasteiger partial charge in [-0.25, -0.2) is 9.80 Å². The summed E-state index contributed by atoms with van der Waals surface area (Å²) in [5.74, 6) is -0.856. The molecule has 4 N–H and O–H groups in total. The van der Waals surface area contributed by atoms with Crippen LogP contribution >= 0.6 is 0 Å². The SMILES string of the molecule is COC(=O)C1=C(O)c2ccc(-c3ccc4cc[nH]c4c3)cc2CN1/N=C\N. The van der Waals surface area contributed by atoms with Gasteiger partial charge in [-0.05, 0) is 40.3 Å². The minimum Gasteiger partial charge on any atom is -0.505 e. The van der Waals surface area contributed by atoms with Gasteiger partial charge >= 0.3 is 5.97 Å². The number of hydrazone groups is 1. The molecule has 27 heavy (non-hydrogen) atoms. The summed E-state index contributed by atoms with van der Waals surface area (Å²) in [6.45, 7) is 0.288. The molecule has 0 saturated carbocycles. The number of fused-ring (bicyclic) bond motifs is 2. The molecular formula is C20H18N4O3. The van der Waals surface area contributed by atoms with Crippen LogP contribution < -0.4 is 5.73 Å². The number of hydrogen-bond acceptors (Lipinski definition) is 5. The number of rotatable bonds is 3. The number of carbonyl (C=O) groups excluding carboxylic acids is 1. The van der Waals surface area contributed by atoms with E-state index in [0.29, 0.717) is 5.56 Å². The summed E-state index contributed by atoms with van der Waals surface area (Å²) in [6, 6.07) is 13.9. The second-order valence-electron chi connectivity index (χ2n) is 6.16. The van der Waals surface area contributed by atoms with Crippen LogP contribution in [0, 0.1) is 0 Å². The number of aromatic amines is 1. The van der Waals surface area contributed by atoms with Crippen molar-refractivity contribution in [3.63, 3.8) is 0 Å². The van der Waals surface area contributed by atoms with E-state index >= 15 is 0 Å². The third-order valence-electron chi connectivity index (χ3n) is 4.64. The van der Waals surface area contributed by atoms with Crippen LogP contribution in [0.25, 0.3) is 27.8 Å². The molecule has 2 heterocycles. The molecule has 2 aromatic carbocycles. The maximum Gasteiger partial charge on any atom is 0.360 e. The lowest BCUT2D eigenvalue weighted by molar-refractivity contribution is -0.138. The molecule has 7 heteroatoms. The molecule has 0 bridgehead atoms. The number of aliphatic hydroxyl groups excluding tert-OH is 1. The van der Waals surface area contributed by atoms with Gasteiger partial charge in [-0.1, -0.05) is 24.3 Å². The Balaban J connectivity index is 1.81. The lowest BCUT2D eigenvalue weighted by Gasteiger charge is -2.27. The number of nitrogens with two attached hydrogens (primary N) is 1. The maximum atomic E-state index is 12.1. The van der Waals surface area contributed by atoms with Gasteiger partial charge in [-0.2, -0.15) is 5.10 Å². The third kappa shape index (κ3) is 2.79. The number of nitrogens with zero attached hydrogens (tertiary/aromatic N) is 2. The van der Waals surface area contributed by atoms with Gasteiger partial charge in [-0.3, -0.25) is 0 Å². The molecule has 0 amide bonds. The molecule has 7 nitrogen and oxygen atoms in total. The summed E-state index contributed by atoms with van der Waals surface area (Å²) in [5.41, 5.74) is 9.86. The van der Waals surface area contributed by atoms with Crippen molar-refractivity contribution in [1.82, 2.24) is 9.99 Å². The predicted molar refractivity (Wildman–Crippen MR) is 104 cm³/mol. The first-order chi connectivity index (χ1) is 13.1. The summed E-state index contributed by atoms with van der Waals surface area (Å²) in [7, 11) is 1.25. The van der Waals surface area contributed by atoms with E-state index in [4.69, 9.17) is 10.5 Å². The van der Waals surface area contributed by atoms with E-state index in [1.807, 2.05) is 30.5 Å². The Hall–Kier alpha value is -3.74. The van der Waals surface area contributed by atoms with Gasteiger partial charge in [-0.15, -0.1) is 0 Å². The first-order valence-corrected chi connectivity index (χ1v) is 8.36. The second kappa shape index (κ2) is 6.53. The zero-order valence-corrected chi connectivity index (χ0v) is 14.6. The lowest BCUT2D eigenvalue weighted by Crippen LogP contribution is -2.29. The molecule has 0 saturated heterocycles. The van der Waals surface area contributed by atoms with Gasteiger partial charge in [0.2, 0.25) is 0 Å². The number of hydrogen-bond donors (Lipinski definition) is 3. The van der Waals surface area contributed by atoms with Crippen LogP contribution in [0.2, 0.25) is 0 Å². The highest BCUT2D eigenvalue weighted by atomic mass is 16.5. The number of carbonyl (C=O) groups is 1. The van der Waals surface area contributed by atoms with E-state index in [-0.39, 0.29) is 18.0 Å². The van der Waals surface area contributed by atoms with Crippen molar-refractivity contribution < 1.29 is 14.6 Å². The highest BCUT2D eigenvalue weighted by Crippen LogP contribution is 2.34. The first kappa shape index (κ1) is 16.7. The predicted octanol–water partition coefficient (Wildman–Crippen LogP) is 2.95. The fourth-order valence-electron chi connectivity index (χ4n) is 3.33. The Morgan fingerprint density at radius 1 is 1.26 bits per heavy atom. The van der Waals surface area contributed by atoms with Gasteiger partial charge in [0.05, 0.1) is 13.7 Å². The van der Waals surface area contributed by atoms with Crippen LogP contribution in [0.4, 0.5) is 0 Å². The molecule has 1 aliphatic heterocycles. The van der Waals surface area contributed by atoms with Crippen LogP contribution in [0.1, 0.15) is 11.1 Å². The molecule has 0 fully saturated rings. The van der Waals surface area contributed by atoms with E-state index in [2.05, 4.69) is 22.2 Å². The number of nitrogens with one attached hydrogen (secondary N) is 1. The summed E-state index contributed by atoms with van der Waals surface area (Å²) in [4.78, 5) is 15.3. The molecule has 0 atom stereocenters. The Labute approximate surface area is 155 Å². The number of benzene rings is 2. The third-order valence-corrected chi connectivity index (χ3v) is 4.64. The van der Waals surface area contributed by atoms with Crippen LogP contribution in [0.15, 0.2) is 59.5 Å². The van der Waals surface area contributed by atoms with Gasteiger partial charge in [0.1, 0.15) is 6.34 Å². The Bertz CT molecular complexity index is 1100. The molecule has 1 aliphatic rings. The summed E-state index contributed by atoms with van der Waals surface area (Å²) in [5, 5.41) is 17.1. The molecule has 0 unspecified atom stereocenters. The van der Waals surface area contributed by atoms with Gasteiger partial charge in [0, 0.05) is 17.3 Å². The maximum absolute atomic E-state index is 12.1. The summed E-state index contributed by atoms with van der Waals surface area (Å²) < 4.78 is 4.76. The van der Waals surface area contributed by atoms with Crippen LogP contribution in [0.3, 0.4) is 0 Å². The Morgan fingerprint density at radius 3 is 2.81 bits per heavy atom. The highest BCUT2D eigenvalue weighted by Gasteiger charge is 2.30. The molecular weight excluding hydrogens is 344 g/mol. The van der Waals surface area contributed by atoms with Crippen LogP contribution in [0.5, 0.6) is 0 Å². The molecule has 0 spiro atoms. The highest BCUT2D eigenvalue weighted by molar-refractivity contribution is 5.96. The molecule has 0 radical (unpaired) electrons. The fraction of sp³-hybridized carbons (Fsp3) is 0.100. The first-order valence-electron chi connectivity index (χ1n) is 8.36. The van der Waals surface area contributed by atoms with E-state index in [1.54, 1.807) is 6.07 Å². The standard InChI is InChI=1S/C20H18N4O3/c1-27-20(26)18-19(25)16-5-4-13(8-15(16)10-24(18)23-11-21)14-3-2-12-6-7-22-17(12)9-14/h2-9,11,22,25H,10H2,1H3,(H2,21,23). The fourth-order valence-corrected chi connectivity index (χ4v) is 3.33. The quantitative estimate of drug-likeness (QED) is 0.377. The van der Waals surface area contributed by atoms with Crippen molar-refractivity contribution >= 4 is 29.0 Å². The average Bonchev–Trinajstić information content (AvgIpc) is 3.15. The van der Waals surface area contributed by atoms with E-state index in [9.17, 15) is 9.90 Å². The van der Waals surface area contributed by atoms with Gasteiger partial charge < -0.3 is 20.6 Å². The van der Waals surface area contributed by atoms with Crippen molar-refractivity contribution in [3.8, 4) is 11.1 Å². The smallest absolute Gasteiger partial charge is 0.360 e. The van der Waals surface area contributed by atoms with Crippen molar-refractivity contribution in [3.05, 3.63) is 65.5 Å². The molecule has 4 rings (SSSR count). The van der Waals surface area contributed by atoms with Crippen molar-refractivity contribution in [2.45, 2.75) is 6.54 Å².